The molecule has 102 valence electrons. The predicted molar refractivity (Wildman–Crippen MR) is 78.0 cm³/mol. The summed E-state index contributed by atoms with van der Waals surface area (Å²) < 4.78 is 0. The Morgan fingerprint density at radius 1 is 1.15 bits per heavy atom. The van der Waals surface area contributed by atoms with Gasteiger partial charge in [0.15, 0.2) is 0 Å². The molecule has 0 aliphatic heterocycles. The maximum Gasteiger partial charge on any atom is 0.277 e. The van der Waals surface area contributed by atoms with Gasteiger partial charge in [0.1, 0.15) is 6.29 Å². The van der Waals surface area contributed by atoms with Gasteiger partial charge in [0.05, 0.1) is 10.5 Å². The Morgan fingerprint density at radius 2 is 1.90 bits per heavy atom. The molecule has 0 aliphatic carbocycles. The molecule has 0 saturated carbocycles. The second-order valence-corrected chi connectivity index (χ2v) is 4.93. The number of nitro benzene ring substituents is 1. The number of rotatable bonds is 4. The molecule has 0 spiro atoms. The van der Waals surface area contributed by atoms with Crippen LogP contribution in [-0.4, -0.2) is 11.2 Å². The van der Waals surface area contributed by atoms with Gasteiger partial charge in [-0.05, 0) is 23.1 Å². The second kappa shape index (κ2) is 5.65. The molecule has 4 heteroatoms. The Kier molecular flexibility index (Phi) is 3.94. The van der Waals surface area contributed by atoms with Gasteiger partial charge in [-0.1, -0.05) is 44.2 Å². The molecule has 0 N–H and O–H groups in total. The van der Waals surface area contributed by atoms with Crippen LogP contribution in [0.5, 0.6) is 0 Å². The van der Waals surface area contributed by atoms with Crippen molar-refractivity contribution < 1.29 is 9.72 Å². The average molecular weight is 269 g/mol. The molecule has 0 aromatic heterocycles. The fraction of sp³-hybridized carbons (Fsp3) is 0.188. The van der Waals surface area contributed by atoms with Crippen LogP contribution in [0.25, 0.3) is 11.1 Å². The monoisotopic (exact) mass is 269 g/mol. The molecule has 0 bridgehead atoms. The first kappa shape index (κ1) is 13.9. The highest BCUT2D eigenvalue weighted by Crippen LogP contribution is 2.32. The van der Waals surface area contributed by atoms with Gasteiger partial charge < -0.3 is 0 Å². The number of nitro groups is 1. The van der Waals surface area contributed by atoms with Crippen molar-refractivity contribution in [1.82, 2.24) is 0 Å². The van der Waals surface area contributed by atoms with Crippen molar-refractivity contribution in [3.8, 4) is 11.1 Å². The highest BCUT2D eigenvalue weighted by Gasteiger charge is 2.16. The third kappa shape index (κ3) is 2.74. The number of hydrogen-bond acceptors (Lipinski definition) is 3. The Labute approximate surface area is 117 Å². The lowest BCUT2D eigenvalue weighted by atomic mass is 9.96. The normalized spacial score (nSPS) is 10.6. The van der Waals surface area contributed by atoms with Gasteiger partial charge >= 0.3 is 0 Å². The minimum Gasteiger partial charge on any atom is -0.298 e. The molecular weight excluding hydrogens is 254 g/mol. The molecule has 0 unspecified atom stereocenters. The van der Waals surface area contributed by atoms with Crippen LogP contribution >= 0.6 is 0 Å². The van der Waals surface area contributed by atoms with Gasteiger partial charge in [0.25, 0.3) is 5.69 Å². The van der Waals surface area contributed by atoms with E-state index >= 15 is 0 Å². The van der Waals surface area contributed by atoms with Crippen LogP contribution in [0.3, 0.4) is 0 Å². The summed E-state index contributed by atoms with van der Waals surface area (Å²) in [6, 6.07) is 12.2. The van der Waals surface area contributed by atoms with Gasteiger partial charge in [0, 0.05) is 11.6 Å². The summed E-state index contributed by atoms with van der Waals surface area (Å²) in [5.74, 6) is 0.350. The number of hydrogen-bond donors (Lipinski definition) is 0. The van der Waals surface area contributed by atoms with Crippen molar-refractivity contribution in [3.05, 3.63) is 63.7 Å². The standard InChI is InChI=1S/C16H15NO3/c1-11(2)13-4-3-5-14(9-13)15-7-6-12(10-18)8-16(15)17(19)20/h3-11H,1-2H3. The van der Waals surface area contributed by atoms with Gasteiger partial charge in [-0.2, -0.15) is 0 Å². The fourth-order valence-corrected chi connectivity index (χ4v) is 2.08. The smallest absolute Gasteiger partial charge is 0.277 e. The van der Waals surface area contributed by atoms with Crippen molar-refractivity contribution in [2.75, 3.05) is 0 Å². The maximum atomic E-state index is 11.2. The van der Waals surface area contributed by atoms with Gasteiger partial charge in [0.2, 0.25) is 0 Å². The molecule has 0 saturated heterocycles. The van der Waals surface area contributed by atoms with Crippen molar-refractivity contribution in [3.63, 3.8) is 0 Å². The summed E-state index contributed by atoms with van der Waals surface area (Å²) in [5.41, 5.74) is 2.70. The highest BCUT2D eigenvalue weighted by atomic mass is 16.6. The third-order valence-corrected chi connectivity index (χ3v) is 3.22. The summed E-state index contributed by atoms with van der Waals surface area (Å²) in [6.45, 7) is 4.14. The first-order valence-electron chi connectivity index (χ1n) is 6.37. The third-order valence-electron chi connectivity index (χ3n) is 3.22. The van der Waals surface area contributed by atoms with Crippen LogP contribution in [0.4, 0.5) is 5.69 Å². The Morgan fingerprint density at radius 3 is 2.50 bits per heavy atom. The number of benzene rings is 2. The summed E-state index contributed by atoms with van der Waals surface area (Å²) in [5, 5.41) is 11.2. The van der Waals surface area contributed by atoms with Crippen molar-refractivity contribution in [2.24, 2.45) is 0 Å². The molecule has 0 fully saturated rings. The van der Waals surface area contributed by atoms with E-state index in [9.17, 15) is 14.9 Å². The van der Waals surface area contributed by atoms with E-state index in [1.54, 1.807) is 12.1 Å². The molecule has 0 heterocycles. The van der Waals surface area contributed by atoms with Crippen LogP contribution in [-0.2, 0) is 0 Å². The molecule has 2 rings (SSSR count). The Balaban J connectivity index is 2.60. The SMILES string of the molecule is CC(C)c1cccc(-c2ccc(C=O)cc2[N+](=O)[O-])c1. The molecule has 0 aliphatic rings. The first-order valence-corrected chi connectivity index (χ1v) is 6.37. The van der Waals surface area contributed by atoms with Gasteiger partial charge in [-0.15, -0.1) is 0 Å². The predicted octanol–water partition coefficient (Wildman–Crippen LogP) is 4.20. The van der Waals surface area contributed by atoms with Crippen molar-refractivity contribution in [2.45, 2.75) is 19.8 Å². The number of carbonyl (C=O) groups excluding carboxylic acids is 1. The van der Waals surface area contributed by atoms with E-state index in [1.165, 1.54) is 6.07 Å². The lowest BCUT2D eigenvalue weighted by molar-refractivity contribution is -0.384. The molecule has 20 heavy (non-hydrogen) atoms. The molecule has 2 aromatic rings. The van der Waals surface area contributed by atoms with Crippen LogP contribution in [0, 0.1) is 10.1 Å². The fourth-order valence-electron chi connectivity index (χ4n) is 2.08. The van der Waals surface area contributed by atoms with E-state index in [1.807, 2.05) is 24.3 Å². The number of nitrogens with zero attached hydrogens (tertiary/aromatic N) is 1. The van der Waals surface area contributed by atoms with Crippen LogP contribution in [0.1, 0.15) is 35.7 Å². The van der Waals surface area contributed by atoms with Gasteiger partial charge in [-0.3, -0.25) is 14.9 Å². The van der Waals surface area contributed by atoms with E-state index in [2.05, 4.69) is 13.8 Å². The molecular formula is C16H15NO3. The largest absolute Gasteiger partial charge is 0.298 e. The molecule has 2 aromatic carbocycles. The minimum absolute atomic E-state index is 0.0458. The topological polar surface area (TPSA) is 60.2 Å². The first-order chi connectivity index (χ1) is 9.52. The summed E-state index contributed by atoms with van der Waals surface area (Å²) in [6.07, 6.45) is 0.612. The average Bonchev–Trinajstić information content (AvgIpc) is 2.46. The van der Waals surface area contributed by atoms with Crippen LogP contribution in [0.15, 0.2) is 42.5 Å². The maximum absolute atomic E-state index is 11.2. The van der Waals surface area contributed by atoms with Crippen LogP contribution in [0.2, 0.25) is 0 Å². The Bertz CT molecular complexity index is 663. The second-order valence-electron chi connectivity index (χ2n) is 4.93. The molecule has 0 amide bonds. The molecule has 4 nitrogen and oxygen atoms in total. The Hall–Kier alpha value is -2.49. The van der Waals surface area contributed by atoms with Gasteiger partial charge in [-0.25, -0.2) is 0 Å². The summed E-state index contributed by atoms with van der Waals surface area (Å²) in [7, 11) is 0. The summed E-state index contributed by atoms with van der Waals surface area (Å²) >= 11 is 0. The zero-order chi connectivity index (χ0) is 14.7. The van der Waals surface area contributed by atoms with Crippen LogP contribution < -0.4 is 0 Å². The minimum atomic E-state index is -0.454. The molecule has 0 atom stereocenters. The zero-order valence-corrected chi connectivity index (χ0v) is 11.4. The lowest BCUT2D eigenvalue weighted by Gasteiger charge is -2.09. The van der Waals surface area contributed by atoms with Crippen molar-refractivity contribution in [1.29, 1.82) is 0 Å². The van der Waals surface area contributed by atoms with E-state index in [-0.39, 0.29) is 5.69 Å². The highest BCUT2D eigenvalue weighted by molar-refractivity contribution is 5.82. The number of aldehydes is 1. The van der Waals surface area contributed by atoms with E-state index < -0.39 is 4.92 Å². The lowest BCUT2D eigenvalue weighted by Crippen LogP contribution is -1.95. The quantitative estimate of drug-likeness (QED) is 0.475. The van der Waals surface area contributed by atoms with E-state index in [4.69, 9.17) is 0 Å². The van der Waals surface area contributed by atoms with E-state index in [0.717, 1.165) is 11.1 Å². The summed E-state index contributed by atoms with van der Waals surface area (Å²) in [4.78, 5) is 21.5. The zero-order valence-electron chi connectivity index (χ0n) is 11.4. The van der Waals surface area contributed by atoms with E-state index in [0.29, 0.717) is 23.3 Å². The van der Waals surface area contributed by atoms with Crippen molar-refractivity contribution >= 4 is 12.0 Å². The molecule has 0 radical (unpaired) electrons. The number of carbonyl (C=O) groups is 1.